The number of carbonyl (C=O) groups is 3. The molecule has 0 spiro atoms. The topological polar surface area (TPSA) is 123 Å². The van der Waals surface area contributed by atoms with E-state index >= 15 is 0 Å². The summed E-state index contributed by atoms with van der Waals surface area (Å²) in [7, 11) is 1.54. The molecular weight excluding hydrogens is 540 g/mol. The Bertz CT molecular complexity index is 1550. The van der Waals surface area contributed by atoms with Crippen molar-refractivity contribution in [2.75, 3.05) is 17.7 Å². The Morgan fingerprint density at radius 3 is 2.44 bits per heavy atom. The van der Waals surface area contributed by atoms with Crippen LogP contribution in [0, 0.1) is 6.92 Å². The number of nitrogens with one attached hydrogen (secondary N) is 3. The standard InChI is InChI=1S/C31H30N4O5S/c1-4-27(31(38)34-28-17-20(2)40-35-28)41-24-15-10-14-23(19-24)32-30(37)25(18-22-13-8-9-16-26(22)39-3)33-29(36)21-11-6-5-7-12-21/h5-19,27H,4H2,1-3H3,(H,32,37)(H,33,36)(H,34,35,38)/b25-18+. The summed E-state index contributed by atoms with van der Waals surface area (Å²) in [6, 6.07) is 24.6. The van der Waals surface area contributed by atoms with Crippen molar-refractivity contribution in [3.63, 3.8) is 0 Å². The van der Waals surface area contributed by atoms with Gasteiger partial charge in [0.05, 0.1) is 12.4 Å². The lowest BCUT2D eigenvalue weighted by atomic mass is 10.1. The van der Waals surface area contributed by atoms with Gasteiger partial charge in [0.2, 0.25) is 5.91 Å². The van der Waals surface area contributed by atoms with Gasteiger partial charge in [-0.05, 0) is 55.8 Å². The smallest absolute Gasteiger partial charge is 0.272 e. The molecule has 1 atom stereocenters. The van der Waals surface area contributed by atoms with E-state index in [4.69, 9.17) is 9.26 Å². The summed E-state index contributed by atoms with van der Waals surface area (Å²) < 4.78 is 10.4. The first kappa shape index (κ1) is 29.2. The van der Waals surface area contributed by atoms with Crippen molar-refractivity contribution in [1.29, 1.82) is 0 Å². The third kappa shape index (κ3) is 8.09. The molecule has 1 unspecified atom stereocenters. The lowest BCUT2D eigenvalue weighted by Gasteiger charge is -2.15. The van der Waals surface area contributed by atoms with Crippen LogP contribution in [0.4, 0.5) is 11.5 Å². The number of hydrogen-bond acceptors (Lipinski definition) is 7. The van der Waals surface area contributed by atoms with Crippen molar-refractivity contribution >= 4 is 47.1 Å². The molecule has 9 nitrogen and oxygen atoms in total. The monoisotopic (exact) mass is 570 g/mol. The number of benzene rings is 3. The third-order valence-electron chi connectivity index (χ3n) is 5.88. The maximum Gasteiger partial charge on any atom is 0.272 e. The molecule has 3 amide bonds. The number of carbonyl (C=O) groups excluding carboxylic acids is 3. The normalized spacial score (nSPS) is 11.8. The first-order valence-corrected chi connectivity index (χ1v) is 13.8. The van der Waals surface area contributed by atoms with Crippen LogP contribution in [0.15, 0.2) is 100 Å². The maximum atomic E-state index is 13.5. The fourth-order valence-electron chi connectivity index (χ4n) is 3.85. The molecule has 0 fully saturated rings. The van der Waals surface area contributed by atoms with Crippen molar-refractivity contribution in [3.05, 3.63) is 108 Å². The van der Waals surface area contributed by atoms with E-state index in [0.717, 1.165) is 4.90 Å². The summed E-state index contributed by atoms with van der Waals surface area (Å²) in [4.78, 5) is 40.0. The van der Waals surface area contributed by atoms with Crippen LogP contribution < -0.4 is 20.7 Å². The molecule has 1 aromatic heterocycles. The lowest BCUT2D eigenvalue weighted by Crippen LogP contribution is -2.30. The zero-order valence-corrected chi connectivity index (χ0v) is 23.7. The molecule has 10 heteroatoms. The Morgan fingerprint density at radius 2 is 1.73 bits per heavy atom. The second-order valence-electron chi connectivity index (χ2n) is 8.93. The molecule has 3 aromatic carbocycles. The number of anilines is 2. The number of amides is 3. The summed E-state index contributed by atoms with van der Waals surface area (Å²) in [6.45, 7) is 3.67. The molecule has 0 radical (unpaired) electrons. The SMILES string of the molecule is CCC(Sc1cccc(NC(=O)/C(=C\c2ccccc2OC)NC(=O)c2ccccc2)c1)C(=O)Nc1cc(C)on1. The third-order valence-corrected chi connectivity index (χ3v) is 7.24. The minimum Gasteiger partial charge on any atom is -0.496 e. The Balaban J connectivity index is 1.52. The predicted octanol–water partition coefficient (Wildman–Crippen LogP) is 5.91. The van der Waals surface area contributed by atoms with Gasteiger partial charge in [0.15, 0.2) is 5.82 Å². The Labute approximate surface area is 242 Å². The van der Waals surface area contributed by atoms with Crippen LogP contribution in [0.1, 0.15) is 35.0 Å². The van der Waals surface area contributed by atoms with E-state index in [1.54, 1.807) is 73.7 Å². The van der Waals surface area contributed by atoms with Crippen molar-refractivity contribution in [2.24, 2.45) is 0 Å². The first-order chi connectivity index (χ1) is 19.9. The zero-order valence-electron chi connectivity index (χ0n) is 22.8. The quantitative estimate of drug-likeness (QED) is 0.151. The van der Waals surface area contributed by atoms with Crippen molar-refractivity contribution in [2.45, 2.75) is 30.4 Å². The fourth-order valence-corrected chi connectivity index (χ4v) is 4.86. The molecule has 0 aliphatic heterocycles. The highest BCUT2D eigenvalue weighted by Gasteiger charge is 2.20. The summed E-state index contributed by atoms with van der Waals surface area (Å²) >= 11 is 1.37. The van der Waals surface area contributed by atoms with Crippen LogP contribution in [-0.4, -0.2) is 35.2 Å². The average Bonchev–Trinajstić information content (AvgIpc) is 3.40. The van der Waals surface area contributed by atoms with E-state index in [9.17, 15) is 14.4 Å². The van der Waals surface area contributed by atoms with Gasteiger partial charge < -0.3 is 25.2 Å². The number of para-hydroxylation sites is 1. The first-order valence-electron chi connectivity index (χ1n) is 12.9. The summed E-state index contributed by atoms with van der Waals surface area (Å²) in [5.74, 6) is 0.363. The second kappa shape index (κ2) is 14.0. The molecule has 210 valence electrons. The van der Waals surface area contributed by atoms with Gasteiger partial charge in [0, 0.05) is 27.8 Å². The van der Waals surface area contributed by atoms with Gasteiger partial charge in [0.25, 0.3) is 11.8 Å². The molecule has 0 saturated heterocycles. The zero-order chi connectivity index (χ0) is 29.2. The van der Waals surface area contributed by atoms with Crippen LogP contribution in [0.25, 0.3) is 6.08 Å². The molecular formula is C31H30N4O5S. The minimum absolute atomic E-state index is 0.0372. The van der Waals surface area contributed by atoms with Gasteiger partial charge in [0.1, 0.15) is 17.2 Å². The molecule has 0 aliphatic carbocycles. The number of thioether (sulfide) groups is 1. The fraction of sp³-hybridized carbons (Fsp3) is 0.161. The lowest BCUT2D eigenvalue weighted by molar-refractivity contribution is -0.116. The Hall–Kier alpha value is -4.83. The largest absolute Gasteiger partial charge is 0.496 e. The van der Waals surface area contributed by atoms with Gasteiger partial charge in [-0.2, -0.15) is 0 Å². The van der Waals surface area contributed by atoms with E-state index < -0.39 is 17.1 Å². The predicted molar refractivity (Wildman–Crippen MR) is 160 cm³/mol. The molecule has 4 rings (SSSR count). The minimum atomic E-state index is -0.520. The Kier molecular flexibility index (Phi) is 9.95. The number of ether oxygens (including phenoxy) is 1. The molecule has 0 bridgehead atoms. The Morgan fingerprint density at radius 1 is 0.976 bits per heavy atom. The number of aromatic nitrogens is 1. The molecule has 0 aliphatic rings. The second-order valence-corrected chi connectivity index (χ2v) is 10.2. The van der Waals surface area contributed by atoms with Gasteiger partial charge in [-0.3, -0.25) is 14.4 Å². The number of aryl methyl sites for hydroxylation is 1. The van der Waals surface area contributed by atoms with E-state index in [1.807, 2.05) is 31.2 Å². The van der Waals surface area contributed by atoms with Crippen LogP contribution in [0.5, 0.6) is 5.75 Å². The highest BCUT2D eigenvalue weighted by Crippen LogP contribution is 2.29. The van der Waals surface area contributed by atoms with Gasteiger partial charge in [-0.1, -0.05) is 54.5 Å². The van der Waals surface area contributed by atoms with Gasteiger partial charge in [-0.25, -0.2) is 0 Å². The molecule has 3 N–H and O–H groups in total. The van der Waals surface area contributed by atoms with Crippen LogP contribution in [0.3, 0.4) is 0 Å². The summed E-state index contributed by atoms with van der Waals surface area (Å²) in [5, 5.41) is 11.8. The van der Waals surface area contributed by atoms with E-state index in [-0.39, 0.29) is 11.6 Å². The highest BCUT2D eigenvalue weighted by atomic mass is 32.2. The van der Waals surface area contributed by atoms with Crippen LogP contribution in [0.2, 0.25) is 0 Å². The highest BCUT2D eigenvalue weighted by molar-refractivity contribution is 8.00. The van der Waals surface area contributed by atoms with Gasteiger partial charge >= 0.3 is 0 Å². The van der Waals surface area contributed by atoms with Crippen molar-refractivity contribution < 1.29 is 23.6 Å². The average molecular weight is 571 g/mol. The van der Waals surface area contributed by atoms with Crippen LogP contribution >= 0.6 is 11.8 Å². The van der Waals surface area contributed by atoms with Crippen molar-refractivity contribution in [1.82, 2.24) is 10.5 Å². The number of hydrogen-bond donors (Lipinski definition) is 3. The van der Waals surface area contributed by atoms with Gasteiger partial charge in [-0.15, -0.1) is 11.8 Å². The number of rotatable bonds is 11. The van der Waals surface area contributed by atoms with Crippen molar-refractivity contribution in [3.8, 4) is 5.75 Å². The summed E-state index contributed by atoms with van der Waals surface area (Å²) in [6.07, 6.45) is 2.14. The number of methoxy groups -OCH3 is 1. The van der Waals surface area contributed by atoms with E-state index in [0.29, 0.717) is 40.6 Å². The molecule has 1 heterocycles. The van der Waals surface area contributed by atoms with E-state index in [1.165, 1.54) is 18.9 Å². The van der Waals surface area contributed by atoms with Crippen LogP contribution in [-0.2, 0) is 9.59 Å². The maximum absolute atomic E-state index is 13.5. The molecule has 41 heavy (non-hydrogen) atoms. The molecule has 0 saturated carbocycles. The molecule has 4 aromatic rings. The summed E-state index contributed by atoms with van der Waals surface area (Å²) in [5.41, 5.74) is 1.57. The number of nitrogens with zero attached hydrogens (tertiary/aromatic N) is 1. The van der Waals surface area contributed by atoms with E-state index in [2.05, 4.69) is 21.1 Å².